The van der Waals surface area contributed by atoms with Gasteiger partial charge in [-0.3, -0.25) is 4.90 Å². The van der Waals surface area contributed by atoms with Crippen molar-refractivity contribution in [2.45, 2.75) is 18.9 Å². The normalized spacial score (nSPS) is 24.4. The Labute approximate surface area is 96.7 Å². The Bertz CT molecular complexity index is 233. The second-order valence-corrected chi connectivity index (χ2v) is 4.42. The molecule has 5 nitrogen and oxygen atoms in total. The minimum Gasteiger partial charge on any atom is -0.379 e. The third-order valence-electron chi connectivity index (χ3n) is 3.53. The van der Waals surface area contributed by atoms with Crippen molar-refractivity contribution in [3.05, 3.63) is 0 Å². The highest BCUT2D eigenvalue weighted by Gasteiger charge is 2.27. The van der Waals surface area contributed by atoms with Gasteiger partial charge in [0.15, 0.2) is 0 Å². The molecule has 0 aromatic heterocycles. The van der Waals surface area contributed by atoms with Crippen LogP contribution < -0.4 is 5.32 Å². The Hall–Kier alpha value is -0.810. The molecule has 2 fully saturated rings. The zero-order chi connectivity index (χ0) is 11.4. The van der Waals surface area contributed by atoms with Crippen LogP contribution in [0.4, 0.5) is 4.79 Å². The number of rotatable bonds is 1. The van der Waals surface area contributed by atoms with Crippen LogP contribution in [0, 0.1) is 0 Å². The molecule has 2 aliphatic rings. The molecule has 2 amide bonds. The summed E-state index contributed by atoms with van der Waals surface area (Å²) in [4.78, 5) is 15.8. The molecule has 16 heavy (non-hydrogen) atoms. The van der Waals surface area contributed by atoms with Crippen molar-refractivity contribution in [2.75, 3.05) is 46.4 Å². The van der Waals surface area contributed by atoms with Gasteiger partial charge in [-0.1, -0.05) is 0 Å². The Morgan fingerprint density at radius 2 is 1.81 bits per heavy atom. The summed E-state index contributed by atoms with van der Waals surface area (Å²) < 4.78 is 5.35. The third kappa shape index (κ3) is 2.65. The van der Waals surface area contributed by atoms with E-state index in [4.69, 9.17) is 4.74 Å². The van der Waals surface area contributed by atoms with Gasteiger partial charge < -0.3 is 15.0 Å². The van der Waals surface area contributed by atoms with E-state index in [2.05, 4.69) is 10.2 Å². The van der Waals surface area contributed by atoms with E-state index in [-0.39, 0.29) is 6.03 Å². The summed E-state index contributed by atoms with van der Waals surface area (Å²) in [6, 6.07) is 0.699. The second kappa shape index (κ2) is 5.50. The molecule has 2 rings (SSSR count). The van der Waals surface area contributed by atoms with Gasteiger partial charge in [0.05, 0.1) is 13.2 Å². The van der Waals surface area contributed by atoms with E-state index in [1.165, 1.54) is 0 Å². The fourth-order valence-corrected chi connectivity index (χ4v) is 2.53. The van der Waals surface area contributed by atoms with Crippen molar-refractivity contribution < 1.29 is 9.53 Å². The number of carbonyl (C=O) groups is 1. The Morgan fingerprint density at radius 1 is 1.19 bits per heavy atom. The van der Waals surface area contributed by atoms with E-state index in [9.17, 15) is 4.79 Å². The van der Waals surface area contributed by atoms with Gasteiger partial charge in [0.2, 0.25) is 0 Å². The zero-order valence-electron chi connectivity index (χ0n) is 9.95. The topological polar surface area (TPSA) is 44.8 Å². The van der Waals surface area contributed by atoms with Gasteiger partial charge >= 0.3 is 6.03 Å². The lowest BCUT2D eigenvalue weighted by Gasteiger charge is -2.39. The molecular formula is C11H21N3O2. The minimum absolute atomic E-state index is 0.0560. The number of piperidine rings is 1. The molecule has 92 valence electrons. The maximum Gasteiger partial charge on any atom is 0.317 e. The monoisotopic (exact) mass is 227 g/mol. The molecule has 0 bridgehead atoms. The molecule has 0 saturated carbocycles. The lowest BCUT2D eigenvalue weighted by atomic mass is 10.0. The summed E-state index contributed by atoms with van der Waals surface area (Å²) in [6.45, 7) is 5.56. The number of urea groups is 1. The average Bonchev–Trinajstić information content (AvgIpc) is 2.39. The van der Waals surface area contributed by atoms with Crippen molar-refractivity contribution in [3.63, 3.8) is 0 Å². The number of nitrogens with one attached hydrogen (secondary N) is 1. The van der Waals surface area contributed by atoms with Gasteiger partial charge in [0.1, 0.15) is 0 Å². The van der Waals surface area contributed by atoms with Crippen molar-refractivity contribution in [3.8, 4) is 0 Å². The van der Waals surface area contributed by atoms with E-state index in [0.717, 1.165) is 52.2 Å². The molecule has 0 aliphatic carbocycles. The molecular weight excluding hydrogens is 206 g/mol. The molecule has 0 spiro atoms. The fraction of sp³-hybridized carbons (Fsp3) is 0.909. The molecule has 2 saturated heterocycles. The zero-order valence-corrected chi connectivity index (χ0v) is 9.95. The van der Waals surface area contributed by atoms with Crippen molar-refractivity contribution in [2.24, 2.45) is 0 Å². The van der Waals surface area contributed by atoms with Gasteiger partial charge in [0.25, 0.3) is 0 Å². The lowest BCUT2D eigenvalue weighted by molar-refractivity contribution is 0.00386. The van der Waals surface area contributed by atoms with Crippen molar-refractivity contribution in [1.82, 2.24) is 15.1 Å². The summed E-state index contributed by atoms with van der Waals surface area (Å²) in [5.74, 6) is 0. The van der Waals surface area contributed by atoms with Gasteiger partial charge in [0, 0.05) is 39.3 Å². The fourth-order valence-electron chi connectivity index (χ4n) is 2.53. The molecule has 0 radical (unpaired) electrons. The standard InChI is InChI=1S/C11H21N3O2/c1-12-11(15)14-4-2-10(3-5-14)13-6-8-16-9-7-13/h10H,2-9H2,1H3,(H,12,15). The van der Waals surface area contributed by atoms with Crippen LogP contribution in [0.5, 0.6) is 0 Å². The van der Waals surface area contributed by atoms with Crippen LogP contribution in [0.3, 0.4) is 0 Å². The predicted molar refractivity (Wildman–Crippen MR) is 61.4 cm³/mol. The molecule has 1 N–H and O–H groups in total. The molecule has 0 atom stereocenters. The van der Waals surface area contributed by atoms with Crippen LogP contribution in [0.2, 0.25) is 0 Å². The molecule has 2 heterocycles. The number of likely N-dealkylation sites (tertiary alicyclic amines) is 1. The summed E-state index contributed by atoms with van der Waals surface area (Å²) in [5.41, 5.74) is 0. The van der Waals surface area contributed by atoms with Gasteiger partial charge in [-0.15, -0.1) is 0 Å². The number of morpholine rings is 1. The van der Waals surface area contributed by atoms with Crippen LogP contribution in [-0.2, 0) is 4.74 Å². The number of hydrogen-bond donors (Lipinski definition) is 1. The number of hydrogen-bond acceptors (Lipinski definition) is 3. The minimum atomic E-state index is 0.0560. The Balaban J connectivity index is 1.78. The van der Waals surface area contributed by atoms with Gasteiger partial charge in [-0.25, -0.2) is 4.79 Å². The first kappa shape index (κ1) is 11.7. The maximum absolute atomic E-state index is 11.4. The third-order valence-corrected chi connectivity index (χ3v) is 3.53. The maximum atomic E-state index is 11.4. The smallest absolute Gasteiger partial charge is 0.317 e. The number of carbonyl (C=O) groups excluding carboxylic acids is 1. The van der Waals surface area contributed by atoms with Crippen LogP contribution in [0.15, 0.2) is 0 Å². The highest BCUT2D eigenvalue weighted by Crippen LogP contribution is 2.17. The first-order valence-electron chi connectivity index (χ1n) is 6.09. The predicted octanol–water partition coefficient (Wildman–Crippen LogP) is 0.122. The summed E-state index contributed by atoms with van der Waals surface area (Å²) in [7, 11) is 1.69. The molecule has 5 heteroatoms. The van der Waals surface area contributed by atoms with Crippen LogP contribution in [0.1, 0.15) is 12.8 Å². The highest BCUT2D eigenvalue weighted by atomic mass is 16.5. The summed E-state index contributed by atoms with van der Waals surface area (Å²) >= 11 is 0. The van der Waals surface area contributed by atoms with Crippen molar-refractivity contribution in [1.29, 1.82) is 0 Å². The van der Waals surface area contributed by atoms with Gasteiger partial charge in [-0.2, -0.15) is 0 Å². The number of nitrogens with zero attached hydrogens (tertiary/aromatic N) is 2. The van der Waals surface area contributed by atoms with Crippen LogP contribution in [-0.4, -0.2) is 68.3 Å². The Kier molecular flexibility index (Phi) is 4.01. The molecule has 0 aromatic carbocycles. The van der Waals surface area contributed by atoms with E-state index in [0.29, 0.717) is 6.04 Å². The van der Waals surface area contributed by atoms with E-state index in [1.54, 1.807) is 7.05 Å². The first-order valence-corrected chi connectivity index (χ1v) is 6.09. The van der Waals surface area contributed by atoms with Crippen LogP contribution >= 0.6 is 0 Å². The van der Waals surface area contributed by atoms with Crippen LogP contribution in [0.25, 0.3) is 0 Å². The van der Waals surface area contributed by atoms with E-state index >= 15 is 0 Å². The SMILES string of the molecule is CNC(=O)N1CCC(N2CCOCC2)CC1. The number of ether oxygens (including phenoxy) is 1. The van der Waals surface area contributed by atoms with E-state index < -0.39 is 0 Å². The lowest BCUT2D eigenvalue weighted by Crippen LogP contribution is -2.51. The van der Waals surface area contributed by atoms with E-state index in [1.807, 2.05) is 4.90 Å². The Morgan fingerprint density at radius 3 is 2.38 bits per heavy atom. The second-order valence-electron chi connectivity index (χ2n) is 4.42. The first-order chi connectivity index (χ1) is 7.81. The molecule has 0 aromatic rings. The highest BCUT2D eigenvalue weighted by molar-refractivity contribution is 5.73. The van der Waals surface area contributed by atoms with Crippen molar-refractivity contribution >= 4 is 6.03 Å². The molecule has 2 aliphatic heterocycles. The quantitative estimate of drug-likeness (QED) is 0.692. The summed E-state index contributed by atoms with van der Waals surface area (Å²) in [6.07, 6.45) is 2.18. The van der Waals surface area contributed by atoms with Gasteiger partial charge in [-0.05, 0) is 12.8 Å². The summed E-state index contributed by atoms with van der Waals surface area (Å²) in [5, 5.41) is 2.68. The average molecular weight is 227 g/mol. The molecule has 0 unspecified atom stereocenters. The number of amides is 2. The largest absolute Gasteiger partial charge is 0.379 e.